The van der Waals surface area contributed by atoms with Crippen LogP contribution < -0.4 is 5.32 Å². The number of carbonyl (C=O) groups is 1. The average molecular weight is 378 g/mol. The average Bonchev–Trinajstić information content (AvgIpc) is 3.33. The van der Waals surface area contributed by atoms with Gasteiger partial charge >= 0.3 is 5.97 Å². The van der Waals surface area contributed by atoms with E-state index in [9.17, 15) is 4.79 Å². The lowest BCUT2D eigenvalue weighted by molar-refractivity contribution is 0.0520. The summed E-state index contributed by atoms with van der Waals surface area (Å²) in [4.78, 5) is 16.4. The van der Waals surface area contributed by atoms with E-state index in [0.717, 1.165) is 27.8 Å². The fourth-order valence-electron chi connectivity index (χ4n) is 2.89. The van der Waals surface area contributed by atoms with E-state index in [4.69, 9.17) is 9.84 Å². The van der Waals surface area contributed by atoms with Crippen molar-refractivity contribution in [3.05, 3.63) is 59.6 Å². The van der Waals surface area contributed by atoms with Gasteiger partial charge in [0.1, 0.15) is 5.69 Å². The zero-order valence-electron chi connectivity index (χ0n) is 15.0. The van der Waals surface area contributed by atoms with Gasteiger partial charge in [-0.3, -0.25) is 0 Å². The number of carbonyl (C=O) groups excluding carboxylic acids is 1. The number of nitrogens with one attached hydrogen (secondary N) is 1. The van der Waals surface area contributed by atoms with E-state index in [1.165, 1.54) is 11.3 Å². The number of hydrogen-bond donors (Lipinski definition) is 1. The number of benzene rings is 2. The lowest BCUT2D eigenvalue weighted by Gasteiger charge is -2.02. The van der Waals surface area contributed by atoms with Gasteiger partial charge in [-0.15, -0.1) is 11.3 Å². The highest BCUT2D eigenvalue weighted by atomic mass is 32.1. The molecule has 0 aliphatic heterocycles. The molecule has 0 radical (unpaired) electrons. The normalized spacial score (nSPS) is 10.9. The topological polar surface area (TPSA) is 69.0 Å². The van der Waals surface area contributed by atoms with E-state index < -0.39 is 5.97 Å². The molecule has 0 saturated heterocycles. The number of nitrogens with zero attached hydrogens (tertiary/aromatic N) is 3. The summed E-state index contributed by atoms with van der Waals surface area (Å²) < 4.78 is 6.82. The summed E-state index contributed by atoms with van der Waals surface area (Å²) in [6.07, 6.45) is 0. The fraction of sp³-hybridized carbons (Fsp3) is 0.150. The summed E-state index contributed by atoms with van der Waals surface area (Å²) in [5.41, 5.74) is 4.10. The summed E-state index contributed by atoms with van der Waals surface area (Å²) in [5, 5.41) is 11.3. The van der Waals surface area contributed by atoms with Crippen LogP contribution in [0.2, 0.25) is 0 Å². The van der Waals surface area contributed by atoms with Crippen molar-refractivity contribution in [2.45, 2.75) is 6.92 Å². The maximum Gasteiger partial charge on any atom is 0.357 e. The largest absolute Gasteiger partial charge is 0.461 e. The molecule has 0 amide bonds. The van der Waals surface area contributed by atoms with Crippen molar-refractivity contribution in [3.63, 3.8) is 0 Å². The number of esters is 1. The minimum atomic E-state index is -0.421. The third kappa shape index (κ3) is 3.17. The summed E-state index contributed by atoms with van der Waals surface area (Å²) >= 11 is 1.36. The second-order valence-corrected chi connectivity index (χ2v) is 6.68. The Kier molecular flexibility index (Phi) is 4.60. The van der Waals surface area contributed by atoms with Gasteiger partial charge in [0, 0.05) is 29.1 Å². The zero-order valence-corrected chi connectivity index (χ0v) is 15.8. The minimum Gasteiger partial charge on any atom is -0.461 e. The van der Waals surface area contributed by atoms with Crippen molar-refractivity contribution in [1.29, 1.82) is 0 Å². The number of anilines is 1. The molecular formula is C20H18N4O2S. The number of rotatable bonds is 5. The lowest BCUT2D eigenvalue weighted by atomic mass is 10.1. The van der Waals surface area contributed by atoms with Crippen LogP contribution in [0.1, 0.15) is 17.4 Å². The van der Waals surface area contributed by atoms with Crippen molar-refractivity contribution >= 4 is 33.9 Å². The first-order valence-electron chi connectivity index (χ1n) is 8.60. The molecule has 0 unspecified atom stereocenters. The molecule has 27 heavy (non-hydrogen) atoms. The van der Waals surface area contributed by atoms with Crippen molar-refractivity contribution in [3.8, 4) is 16.4 Å². The molecule has 0 bridgehead atoms. The first-order chi connectivity index (χ1) is 13.2. The Balaban J connectivity index is 1.88. The highest BCUT2D eigenvalue weighted by molar-refractivity contribution is 7.12. The van der Waals surface area contributed by atoms with E-state index in [0.29, 0.717) is 17.4 Å². The smallest absolute Gasteiger partial charge is 0.357 e. The van der Waals surface area contributed by atoms with Crippen molar-refractivity contribution in [2.24, 2.45) is 0 Å². The van der Waals surface area contributed by atoms with Gasteiger partial charge in [-0.1, -0.05) is 30.3 Å². The Hall–Kier alpha value is -3.19. The Morgan fingerprint density at radius 3 is 2.78 bits per heavy atom. The van der Waals surface area contributed by atoms with Crippen LogP contribution in [0.3, 0.4) is 0 Å². The molecule has 1 N–H and O–H groups in total. The van der Waals surface area contributed by atoms with E-state index in [1.54, 1.807) is 17.0 Å². The van der Waals surface area contributed by atoms with E-state index in [-0.39, 0.29) is 0 Å². The van der Waals surface area contributed by atoms with Crippen molar-refractivity contribution in [2.75, 3.05) is 19.0 Å². The van der Waals surface area contributed by atoms with Crippen LogP contribution >= 0.6 is 11.3 Å². The van der Waals surface area contributed by atoms with Gasteiger partial charge in [-0.05, 0) is 25.1 Å². The van der Waals surface area contributed by atoms with Crippen LogP contribution in [0.4, 0.5) is 5.69 Å². The van der Waals surface area contributed by atoms with Gasteiger partial charge in [-0.2, -0.15) is 5.10 Å². The number of thiazole rings is 1. The maximum atomic E-state index is 12.0. The van der Waals surface area contributed by atoms with Crippen LogP contribution in [-0.4, -0.2) is 34.4 Å². The molecular weight excluding hydrogens is 360 g/mol. The molecule has 136 valence electrons. The van der Waals surface area contributed by atoms with E-state index in [2.05, 4.69) is 10.3 Å². The quantitative estimate of drug-likeness (QED) is 0.522. The number of ether oxygens (including phenoxy) is 1. The molecule has 6 nitrogen and oxygen atoms in total. The summed E-state index contributed by atoms with van der Waals surface area (Å²) in [7, 11) is 1.88. The third-order valence-corrected chi connectivity index (χ3v) is 4.99. The number of aromatic nitrogens is 3. The standard InChI is InChI=1S/C20H18N4O2S/c1-3-26-19(25)16-12-27-20(22-16)24-17-11-14(21-2)9-10-15(17)18(23-24)13-7-5-4-6-8-13/h4-12,21H,3H2,1-2H3. The lowest BCUT2D eigenvalue weighted by Crippen LogP contribution is -2.05. The van der Waals surface area contributed by atoms with E-state index in [1.807, 2.05) is 55.6 Å². The maximum absolute atomic E-state index is 12.0. The minimum absolute atomic E-state index is 0.298. The molecule has 0 aliphatic carbocycles. The molecule has 4 aromatic rings. The Morgan fingerprint density at radius 2 is 2.04 bits per heavy atom. The second kappa shape index (κ2) is 7.20. The Morgan fingerprint density at radius 1 is 1.22 bits per heavy atom. The summed E-state index contributed by atoms with van der Waals surface area (Å²) in [6.45, 7) is 2.09. The summed E-state index contributed by atoms with van der Waals surface area (Å²) in [5.74, 6) is -0.421. The van der Waals surface area contributed by atoms with Crippen molar-refractivity contribution in [1.82, 2.24) is 14.8 Å². The predicted molar refractivity (Wildman–Crippen MR) is 108 cm³/mol. The van der Waals surface area contributed by atoms with Gasteiger partial charge in [0.05, 0.1) is 12.1 Å². The molecule has 2 aromatic heterocycles. The summed E-state index contributed by atoms with van der Waals surface area (Å²) in [6, 6.07) is 16.1. The Bertz CT molecular complexity index is 1100. The van der Waals surface area contributed by atoms with E-state index >= 15 is 0 Å². The van der Waals surface area contributed by atoms with Crippen LogP contribution in [0.25, 0.3) is 27.3 Å². The molecule has 0 spiro atoms. The number of hydrogen-bond acceptors (Lipinski definition) is 6. The first-order valence-corrected chi connectivity index (χ1v) is 9.48. The second-order valence-electron chi connectivity index (χ2n) is 5.84. The molecule has 0 fully saturated rings. The fourth-order valence-corrected chi connectivity index (χ4v) is 3.64. The zero-order chi connectivity index (χ0) is 18.8. The van der Waals surface area contributed by atoms with Gasteiger partial charge in [0.2, 0.25) is 5.13 Å². The van der Waals surface area contributed by atoms with Crippen molar-refractivity contribution < 1.29 is 9.53 Å². The first kappa shape index (κ1) is 17.2. The molecule has 2 aromatic carbocycles. The molecule has 4 rings (SSSR count). The van der Waals surface area contributed by atoms with Crippen LogP contribution in [0.15, 0.2) is 53.9 Å². The molecule has 0 aliphatic rings. The van der Waals surface area contributed by atoms with Crippen LogP contribution in [-0.2, 0) is 4.74 Å². The van der Waals surface area contributed by atoms with Crippen LogP contribution in [0, 0.1) is 0 Å². The predicted octanol–water partition coefficient (Wildman–Crippen LogP) is 4.37. The van der Waals surface area contributed by atoms with Gasteiger partial charge < -0.3 is 10.1 Å². The third-order valence-electron chi connectivity index (χ3n) is 4.17. The number of fused-ring (bicyclic) bond motifs is 1. The molecule has 0 atom stereocenters. The Labute approximate surface area is 160 Å². The van der Waals surface area contributed by atoms with Gasteiger partial charge in [-0.25, -0.2) is 14.5 Å². The highest BCUT2D eigenvalue weighted by Crippen LogP contribution is 2.32. The molecule has 0 saturated carbocycles. The molecule has 7 heteroatoms. The van der Waals surface area contributed by atoms with Gasteiger partial charge in [0.25, 0.3) is 0 Å². The monoisotopic (exact) mass is 378 g/mol. The van der Waals surface area contributed by atoms with Gasteiger partial charge in [0.15, 0.2) is 5.69 Å². The van der Waals surface area contributed by atoms with Crippen LogP contribution in [0.5, 0.6) is 0 Å². The highest BCUT2D eigenvalue weighted by Gasteiger charge is 2.18. The SMILES string of the molecule is CCOC(=O)c1csc(-n2nc(-c3ccccc3)c3ccc(NC)cc32)n1. The molecule has 2 heterocycles.